The number of halogens is 1. The van der Waals surface area contributed by atoms with Crippen molar-refractivity contribution in [2.45, 2.75) is 87.5 Å². The van der Waals surface area contributed by atoms with Crippen LogP contribution in [0.25, 0.3) is 0 Å². The minimum atomic E-state index is -3.12. The van der Waals surface area contributed by atoms with Gasteiger partial charge in [0.1, 0.15) is 0 Å². The number of hydrogen-bond acceptors (Lipinski definition) is 6. The van der Waals surface area contributed by atoms with E-state index in [0.29, 0.717) is 53.5 Å². The molecule has 0 radical (unpaired) electrons. The zero-order valence-corrected chi connectivity index (χ0v) is 27.2. The summed E-state index contributed by atoms with van der Waals surface area (Å²) in [5.41, 5.74) is 2.93. The van der Waals surface area contributed by atoms with Gasteiger partial charge in [-0.15, -0.1) is 0 Å². The van der Waals surface area contributed by atoms with E-state index in [2.05, 4.69) is 0 Å². The summed E-state index contributed by atoms with van der Waals surface area (Å²) in [6.45, 7) is 5.71. The monoisotopic (exact) mass is 637 g/mol. The maximum absolute atomic E-state index is 13.9. The molecule has 2 fully saturated rings. The number of aliphatic hydroxyl groups is 1. The lowest BCUT2D eigenvalue weighted by atomic mass is 9.75. The fourth-order valence-corrected chi connectivity index (χ4v) is 10.1. The van der Waals surface area contributed by atoms with Crippen LogP contribution in [0.15, 0.2) is 60.7 Å². The molecule has 6 rings (SSSR count). The Kier molecular flexibility index (Phi) is 8.22. The van der Waals surface area contributed by atoms with Crippen LogP contribution in [0, 0.1) is 5.92 Å². The van der Waals surface area contributed by atoms with Gasteiger partial charge in [0.2, 0.25) is 5.91 Å². The first-order chi connectivity index (χ1) is 20.9. The van der Waals surface area contributed by atoms with Crippen LogP contribution in [-0.4, -0.2) is 43.1 Å². The Morgan fingerprint density at radius 3 is 2.20 bits per heavy atom. The molecule has 2 bridgehead atoms. The number of carbonyl (C=O) groups is 1. The van der Waals surface area contributed by atoms with Gasteiger partial charge in [-0.05, 0) is 111 Å². The number of sulfone groups is 1. The molecule has 3 unspecified atom stereocenters. The van der Waals surface area contributed by atoms with Crippen LogP contribution < -0.4 is 14.4 Å². The average Bonchev–Trinajstić information content (AvgIpc) is 2.96. The molecule has 3 aromatic carbocycles. The molecule has 3 aliphatic heterocycles. The van der Waals surface area contributed by atoms with E-state index in [9.17, 15) is 18.3 Å². The molecular weight excluding hydrogens is 598 g/mol. The zero-order valence-electron chi connectivity index (χ0n) is 25.6. The molecule has 44 heavy (non-hydrogen) atoms. The predicted molar refractivity (Wildman–Crippen MR) is 172 cm³/mol. The van der Waals surface area contributed by atoms with Crippen molar-refractivity contribution >= 4 is 33.0 Å². The molecule has 1 amide bonds. The summed E-state index contributed by atoms with van der Waals surface area (Å²) in [5.74, 6) is 0.966. The summed E-state index contributed by atoms with van der Waals surface area (Å²) in [6, 6.07) is 18.4. The molecule has 0 aliphatic carbocycles. The summed E-state index contributed by atoms with van der Waals surface area (Å²) < 4.78 is 37.5. The van der Waals surface area contributed by atoms with Gasteiger partial charge in [0.15, 0.2) is 21.3 Å². The minimum absolute atomic E-state index is 0.0677. The summed E-state index contributed by atoms with van der Waals surface area (Å²) >= 11 is 6.25. The molecule has 2 saturated heterocycles. The molecule has 3 aromatic rings. The predicted octanol–water partition coefficient (Wildman–Crippen LogP) is 6.77. The maximum atomic E-state index is 13.9. The topological polar surface area (TPSA) is 93.1 Å². The number of ether oxygens (including phenoxy) is 2. The highest BCUT2D eigenvalue weighted by Crippen LogP contribution is 2.48. The van der Waals surface area contributed by atoms with E-state index in [1.54, 1.807) is 18.9 Å². The number of carbonyl (C=O) groups excluding carboxylic acids is 1. The standard InChI is InChI=1S/C35H40ClNO6S/c1-21(2)43-32-20-30-23(16-31(32)42-4)17-33(38)37(34(30)22-8-12-26(36)13-9-22)27-14-10-24(11-15-27)35(3,39)25-18-28-6-5-7-29(19-25)44(28,40)41/h8-16,20-21,25,28-29,34,39H,5-7,17-19H2,1-4H3/t25?,28-,29+,34?,35?. The van der Waals surface area contributed by atoms with Crippen molar-refractivity contribution < 1.29 is 27.8 Å². The van der Waals surface area contributed by atoms with Crippen LogP contribution in [0.3, 0.4) is 0 Å². The third-order valence-electron chi connectivity index (χ3n) is 9.74. The van der Waals surface area contributed by atoms with Gasteiger partial charge >= 0.3 is 0 Å². The van der Waals surface area contributed by atoms with Crippen molar-refractivity contribution in [1.29, 1.82) is 0 Å². The molecular formula is C35H40ClNO6S. The van der Waals surface area contributed by atoms with Gasteiger partial charge in [-0.2, -0.15) is 0 Å². The van der Waals surface area contributed by atoms with Crippen molar-refractivity contribution in [1.82, 2.24) is 0 Å². The molecule has 5 atom stereocenters. The van der Waals surface area contributed by atoms with E-state index < -0.39 is 21.5 Å². The average molecular weight is 638 g/mol. The third kappa shape index (κ3) is 5.50. The fourth-order valence-electron chi connectivity index (χ4n) is 7.39. The Bertz CT molecular complexity index is 1630. The van der Waals surface area contributed by atoms with E-state index in [1.165, 1.54) is 0 Å². The molecule has 7 nitrogen and oxygen atoms in total. The lowest BCUT2D eigenvalue weighted by Gasteiger charge is -2.44. The quantitative estimate of drug-likeness (QED) is 0.307. The number of methoxy groups -OCH3 is 1. The number of nitrogens with zero attached hydrogens (tertiary/aromatic N) is 1. The molecule has 3 aliphatic rings. The van der Waals surface area contributed by atoms with Gasteiger partial charge in [-0.1, -0.05) is 42.3 Å². The largest absolute Gasteiger partial charge is 0.493 e. The molecule has 0 aromatic heterocycles. The number of fused-ring (bicyclic) bond motifs is 3. The van der Waals surface area contributed by atoms with Crippen molar-refractivity contribution in [3.05, 3.63) is 87.9 Å². The Morgan fingerprint density at radius 2 is 1.61 bits per heavy atom. The first-order valence-electron chi connectivity index (χ1n) is 15.4. The first kappa shape index (κ1) is 30.9. The van der Waals surface area contributed by atoms with Gasteiger partial charge in [0, 0.05) is 10.7 Å². The minimum Gasteiger partial charge on any atom is -0.493 e. The van der Waals surface area contributed by atoms with Gasteiger partial charge in [0.25, 0.3) is 0 Å². The molecule has 1 N–H and O–H groups in total. The number of benzene rings is 3. The van der Waals surface area contributed by atoms with Gasteiger partial charge in [-0.3, -0.25) is 4.79 Å². The van der Waals surface area contributed by atoms with Crippen LogP contribution in [-0.2, 0) is 26.7 Å². The highest BCUT2D eigenvalue weighted by molar-refractivity contribution is 7.92. The third-order valence-corrected chi connectivity index (χ3v) is 12.7. The summed E-state index contributed by atoms with van der Waals surface area (Å²) in [6.07, 6.45) is 3.33. The second-order valence-electron chi connectivity index (χ2n) is 12.9. The van der Waals surface area contributed by atoms with Crippen LogP contribution in [0.2, 0.25) is 5.02 Å². The van der Waals surface area contributed by atoms with Crippen LogP contribution in [0.5, 0.6) is 11.5 Å². The lowest BCUT2D eigenvalue weighted by molar-refractivity contribution is -0.118. The van der Waals surface area contributed by atoms with Crippen LogP contribution in [0.4, 0.5) is 5.69 Å². The van der Waals surface area contributed by atoms with E-state index in [0.717, 1.165) is 23.1 Å². The summed E-state index contributed by atoms with van der Waals surface area (Å²) in [7, 11) is -1.53. The van der Waals surface area contributed by atoms with Crippen molar-refractivity contribution in [2.75, 3.05) is 12.0 Å². The first-order valence-corrected chi connectivity index (χ1v) is 17.4. The molecule has 0 saturated carbocycles. The molecule has 9 heteroatoms. The summed E-state index contributed by atoms with van der Waals surface area (Å²) in [5, 5.41) is 11.7. The van der Waals surface area contributed by atoms with Crippen LogP contribution >= 0.6 is 11.6 Å². The smallest absolute Gasteiger partial charge is 0.232 e. The number of amides is 1. The number of rotatable bonds is 7. The maximum Gasteiger partial charge on any atom is 0.232 e. The van der Waals surface area contributed by atoms with E-state index in [1.807, 2.05) is 74.5 Å². The highest BCUT2D eigenvalue weighted by atomic mass is 35.5. The van der Waals surface area contributed by atoms with E-state index in [-0.39, 0.29) is 34.8 Å². The normalized spacial score (nSPS) is 25.7. The van der Waals surface area contributed by atoms with Crippen LogP contribution in [0.1, 0.15) is 81.2 Å². The van der Waals surface area contributed by atoms with Crippen molar-refractivity contribution in [2.24, 2.45) is 5.92 Å². The van der Waals surface area contributed by atoms with E-state index in [4.69, 9.17) is 21.1 Å². The van der Waals surface area contributed by atoms with Gasteiger partial charge in [0.05, 0.1) is 41.8 Å². The van der Waals surface area contributed by atoms with Crippen molar-refractivity contribution in [3.8, 4) is 11.5 Å². The second kappa shape index (κ2) is 11.7. The zero-order chi connectivity index (χ0) is 31.4. The second-order valence-corrected chi connectivity index (χ2v) is 15.8. The number of anilines is 1. The Morgan fingerprint density at radius 1 is 0.977 bits per heavy atom. The Balaban J connectivity index is 1.37. The van der Waals surface area contributed by atoms with Gasteiger partial charge < -0.3 is 19.5 Å². The Hall–Kier alpha value is -3.07. The summed E-state index contributed by atoms with van der Waals surface area (Å²) in [4.78, 5) is 15.7. The molecule has 3 heterocycles. The fraction of sp³-hybridized carbons (Fsp3) is 0.457. The van der Waals surface area contributed by atoms with Crippen molar-refractivity contribution in [3.63, 3.8) is 0 Å². The molecule has 0 spiro atoms. The van der Waals surface area contributed by atoms with Gasteiger partial charge in [-0.25, -0.2) is 8.42 Å². The highest BCUT2D eigenvalue weighted by Gasteiger charge is 2.49. The SMILES string of the molecule is COc1cc2c(cc1OC(C)C)C(c1ccc(Cl)cc1)N(c1ccc(C(C)(O)C3C[C@H]4CCC[C@@H](C3)S4(=O)=O)cc1)C(=O)C2. The molecule has 234 valence electrons. The Labute approximate surface area is 265 Å². The van der Waals surface area contributed by atoms with E-state index >= 15 is 0 Å². The lowest BCUT2D eigenvalue weighted by Crippen LogP contribution is -2.48. The number of hydrogen-bond donors (Lipinski definition) is 1.